The molecule has 2 heterocycles. The standard InChI is InChI=1S/C8H15NO2.C8H9NO2/c2*1-6-5-7(3-4-9-6)8(10)11-2/h6-7,9H,3-5H2,1-2H3;3-5H,1-2H3. The molecule has 1 aromatic heterocycles. The van der Waals surface area contributed by atoms with E-state index in [2.05, 4.69) is 26.7 Å². The Bertz CT molecular complexity index is 505. The lowest BCUT2D eigenvalue weighted by atomic mass is 9.93. The highest BCUT2D eigenvalue weighted by Gasteiger charge is 2.24. The molecular weight excluding hydrogens is 284 g/mol. The Morgan fingerprint density at radius 2 is 2.05 bits per heavy atom. The van der Waals surface area contributed by atoms with Gasteiger partial charge in [-0.1, -0.05) is 0 Å². The summed E-state index contributed by atoms with van der Waals surface area (Å²) in [5, 5.41) is 3.28. The molecule has 2 rings (SSSR count). The van der Waals surface area contributed by atoms with Crippen LogP contribution in [0.4, 0.5) is 0 Å². The van der Waals surface area contributed by atoms with Crippen LogP contribution in [-0.4, -0.2) is 43.7 Å². The number of methoxy groups -OCH3 is 2. The van der Waals surface area contributed by atoms with Gasteiger partial charge in [0.2, 0.25) is 0 Å². The minimum Gasteiger partial charge on any atom is -0.469 e. The molecule has 122 valence electrons. The summed E-state index contributed by atoms with van der Waals surface area (Å²) in [6, 6.07) is 3.76. The van der Waals surface area contributed by atoms with Crippen LogP contribution in [0.2, 0.25) is 0 Å². The van der Waals surface area contributed by atoms with E-state index in [0.29, 0.717) is 11.6 Å². The average molecular weight is 308 g/mol. The van der Waals surface area contributed by atoms with Crippen molar-refractivity contribution >= 4 is 11.9 Å². The summed E-state index contributed by atoms with van der Waals surface area (Å²) in [5.74, 6) is -0.259. The number of hydrogen-bond donors (Lipinski definition) is 1. The van der Waals surface area contributed by atoms with Crippen LogP contribution in [0.25, 0.3) is 0 Å². The van der Waals surface area contributed by atoms with Crippen molar-refractivity contribution in [1.29, 1.82) is 0 Å². The lowest BCUT2D eigenvalue weighted by molar-refractivity contribution is -0.146. The zero-order chi connectivity index (χ0) is 16.5. The van der Waals surface area contributed by atoms with E-state index in [9.17, 15) is 9.59 Å². The zero-order valence-electron chi connectivity index (χ0n) is 13.6. The maximum Gasteiger partial charge on any atom is 0.337 e. The normalized spacial score (nSPS) is 20.4. The Morgan fingerprint density at radius 1 is 1.32 bits per heavy atom. The Kier molecular flexibility index (Phi) is 7.52. The van der Waals surface area contributed by atoms with Gasteiger partial charge in [-0.15, -0.1) is 0 Å². The minimum atomic E-state index is -0.324. The molecule has 1 aliphatic heterocycles. The second kappa shape index (κ2) is 9.15. The molecular formula is C16H24N2O4. The third kappa shape index (κ3) is 5.81. The van der Waals surface area contributed by atoms with E-state index in [1.807, 2.05) is 6.92 Å². The van der Waals surface area contributed by atoms with E-state index in [-0.39, 0.29) is 17.9 Å². The second-order valence-electron chi connectivity index (χ2n) is 5.28. The second-order valence-corrected chi connectivity index (χ2v) is 5.28. The molecule has 1 aliphatic rings. The van der Waals surface area contributed by atoms with E-state index in [4.69, 9.17) is 0 Å². The Hall–Kier alpha value is -1.95. The molecule has 0 saturated carbocycles. The summed E-state index contributed by atoms with van der Waals surface area (Å²) in [7, 11) is 2.81. The van der Waals surface area contributed by atoms with Gasteiger partial charge in [-0.2, -0.15) is 0 Å². The number of nitrogens with one attached hydrogen (secondary N) is 1. The third-order valence-corrected chi connectivity index (χ3v) is 3.48. The van der Waals surface area contributed by atoms with Gasteiger partial charge in [0.1, 0.15) is 0 Å². The molecule has 22 heavy (non-hydrogen) atoms. The first kappa shape index (κ1) is 18.1. The maximum absolute atomic E-state index is 11.1. The van der Waals surface area contributed by atoms with E-state index < -0.39 is 0 Å². The number of pyridine rings is 1. The fourth-order valence-corrected chi connectivity index (χ4v) is 2.30. The average Bonchev–Trinajstić information content (AvgIpc) is 2.54. The number of aromatic nitrogens is 1. The van der Waals surface area contributed by atoms with Gasteiger partial charge in [0.15, 0.2) is 0 Å². The number of ether oxygens (including phenoxy) is 2. The molecule has 2 unspecified atom stereocenters. The summed E-state index contributed by atoms with van der Waals surface area (Å²) in [4.78, 5) is 25.9. The van der Waals surface area contributed by atoms with Crippen LogP contribution in [0, 0.1) is 12.8 Å². The van der Waals surface area contributed by atoms with E-state index in [1.165, 1.54) is 14.2 Å². The molecule has 1 aromatic rings. The van der Waals surface area contributed by atoms with Gasteiger partial charge < -0.3 is 14.8 Å². The molecule has 0 spiro atoms. The van der Waals surface area contributed by atoms with Crippen molar-refractivity contribution < 1.29 is 19.1 Å². The number of piperidine rings is 1. The van der Waals surface area contributed by atoms with Gasteiger partial charge in [0, 0.05) is 17.9 Å². The van der Waals surface area contributed by atoms with Gasteiger partial charge in [-0.05, 0) is 45.4 Å². The van der Waals surface area contributed by atoms with Crippen LogP contribution < -0.4 is 5.32 Å². The highest BCUT2D eigenvalue weighted by Crippen LogP contribution is 2.16. The van der Waals surface area contributed by atoms with Crippen LogP contribution in [0.3, 0.4) is 0 Å². The largest absolute Gasteiger partial charge is 0.469 e. The first-order valence-electron chi connectivity index (χ1n) is 7.30. The van der Waals surface area contributed by atoms with Gasteiger partial charge in [-0.25, -0.2) is 4.79 Å². The summed E-state index contributed by atoms with van der Waals surface area (Å²) >= 11 is 0. The lowest BCUT2D eigenvalue weighted by Crippen LogP contribution is -2.38. The van der Waals surface area contributed by atoms with Crippen molar-refractivity contribution in [3.8, 4) is 0 Å². The van der Waals surface area contributed by atoms with Gasteiger partial charge in [0.05, 0.1) is 25.7 Å². The lowest BCUT2D eigenvalue weighted by Gasteiger charge is -2.25. The first-order chi connectivity index (χ1) is 10.5. The quantitative estimate of drug-likeness (QED) is 0.838. The molecule has 1 saturated heterocycles. The van der Waals surface area contributed by atoms with Crippen LogP contribution in [0.5, 0.6) is 0 Å². The fraction of sp³-hybridized carbons (Fsp3) is 0.562. The van der Waals surface area contributed by atoms with E-state index in [0.717, 1.165) is 25.1 Å². The topological polar surface area (TPSA) is 77.5 Å². The van der Waals surface area contributed by atoms with Crippen LogP contribution >= 0.6 is 0 Å². The number of carbonyl (C=O) groups excluding carboxylic acids is 2. The zero-order valence-corrected chi connectivity index (χ0v) is 13.6. The maximum atomic E-state index is 11.1. The van der Waals surface area contributed by atoms with Crippen molar-refractivity contribution in [3.63, 3.8) is 0 Å². The third-order valence-electron chi connectivity index (χ3n) is 3.48. The fourth-order valence-electron chi connectivity index (χ4n) is 2.30. The molecule has 0 amide bonds. The van der Waals surface area contributed by atoms with E-state index >= 15 is 0 Å². The Balaban J connectivity index is 0.000000220. The Morgan fingerprint density at radius 3 is 2.59 bits per heavy atom. The summed E-state index contributed by atoms with van der Waals surface area (Å²) in [6.07, 6.45) is 3.41. The number of nitrogens with zero attached hydrogens (tertiary/aromatic N) is 1. The van der Waals surface area contributed by atoms with Crippen molar-refractivity contribution in [2.45, 2.75) is 32.7 Å². The molecule has 1 fully saturated rings. The SMILES string of the molecule is COC(=O)C1CCNC(C)C1.COC(=O)c1ccnc(C)c1. The van der Waals surface area contributed by atoms with Crippen LogP contribution in [0.15, 0.2) is 18.3 Å². The van der Waals surface area contributed by atoms with Gasteiger partial charge in [0.25, 0.3) is 0 Å². The first-order valence-corrected chi connectivity index (χ1v) is 7.30. The number of carbonyl (C=O) groups is 2. The molecule has 6 heteroatoms. The highest BCUT2D eigenvalue weighted by atomic mass is 16.5. The van der Waals surface area contributed by atoms with Crippen molar-refractivity contribution in [2.24, 2.45) is 5.92 Å². The highest BCUT2D eigenvalue weighted by molar-refractivity contribution is 5.89. The summed E-state index contributed by atoms with van der Waals surface area (Å²) in [5.41, 5.74) is 1.35. The smallest absolute Gasteiger partial charge is 0.337 e. The van der Waals surface area contributed by atoms with Crippen LogP contribution in [-0.2, 0) is 14.3 Å². The molecule has 0 bridgehead atoms. The van der Waals surface area contributed by atoms with Crippen molar-refractivity contribution in [1.82, 2.24) is 10.3 Å². The molecule has 2 atom stereocenters. The van der Waals surface area contributed by atoms with Gasteiger partial charge >= 0.3 is 11.9 Å². The molecule has 6 nitrogen and oxygen atoms in total. The predicted octanol–water partition coefficient (Wildman–Crippen LogP) is 1.72. The van der Waals surface area contributed by atoms with E-state index in [1.54, 1.807) is 18.3 Å². The minimum absolute atomic E-state index is 0.0571. The summed E-state index contributed by atoms with van der Waals surface area (Å²) < 4.78 is 9.20. The van der Waals surface area contributed by atoms with Crippen molar-refractivity contribution in [2.75, 3.05) is 20.8 Å². The number of esters is 2. The molecule has 1 N–H and O–H groups in total. The van der Waals surface area contributed by atoms with Crippen LogP contribution in [0.1, 0.15) is 35.8 Å². The number of aryl methyl sites for hydroxylation is 1. The number of hydrogen-bond acceptors (Lipinski definition) is 6. The molecule has 0 aliphatic carbocycles. The molecule has 0 radical (unpaired) electrons. The monoisotopic (exact) mass is 308 g/mol. The van der Waals surface area contributed by atoms with Gasteiger partial charge in [-0.3, -0.25) is 9.78 Å². The molecule has 0 aromatic carbocycles. The summed E-state index contributed by atoms with van der Waals surface area (Å²) in [6.45, 7) is 4.85. The Labute approximate surface area is 131 Å². The predicted molar refractivity (Wildman–Crippen MR) is 82.5 cm³/mol. The number of rotatable bonds is 2. The van der Waals surface area contributed by atoms with Crippen molar-refractivity contribution in [3.05, 3.63) is 29.6 Å².